The maximum absolute atomic E-state index is 13.8. The van der Waals surface area contributed by atoms with E-state index in [0.717, 1.165) is 11.0 Å². The van der Waals surface area contributed by atoms with Crippen LogP contribution in [-0.2, 0) is 0 Å². The standard InChI is InChI=1S/C16H12F3NO3/c1-20(9-2-5-12-13(8-9)23-7-6-22-12)16(21)10-3-4-11(17)15(19)14(10)18/h2-5,8H,6-7H2,1H3. The third-order valence-electron chi connectivity index (χ3n) is 3.48. The molecule has 0 atom stereocenters. The zero-order valence-corrected chi connectivity index (χ0v) is 12.1. The van der Waals surface area contributed by atoms with E-state index in [-0.39, 0.29) is 0 Å². The first-order valence-corrected chi connectivity index (χ1v) is 6.80. The molecule has 0 unspecified atom stereocenters. The van der Waals surface area contributed by atoms with Crippen LogP contribution < -0.4 is 14.4 Å². The first-order valence-electron chi connectivity index (χ1n) is 6.80. The Bertz CT molecular complexity index is 779. The second-order valence-corrected chi connectivity index (χ2v) is 4.92. The number of amides is 1. The van der Waals surface area contributed by atoms with Crippen LogP contribution in [0.5, 0.6) is 11.5 Å². The molecule has 0 fully saturated rings. The van der Waals surface area contributed by atoms with Gasteiger partial charge in [0.25, 0.3) is 5.91 Å². The maximum Gasteiger partial charge on any atom is 0.261 e. The highest BCUT2D eigenvalue weighted by atomic mass is 19.2. The molecule has 0 aromatic heterocycles. The van der Waals surface area contributed by atoms with Crippen molar-refractivity contribution >= 4 is 11.6 Å². The van der Waals surface area contributed by atoms with Crippen molar-refractivity contribution in [1.82, 2.24) is 0 Å². The van der Waals surface area contributed by atoms with Gasteiger partial charge in [-0.25, -0.2) is 13.2 Å². The third kappa shape index (κ3) is 2.69. The predicted octanol–water partition coefficient (Wildman–Crippen LogP) is 3.15. The Balaban J connectivity index is 1.92. The van der Waals surface area contributed by atoms with E-state index >= 15 is 0 Å². The van der Waals surface area contributed by atoms with Gasteiger partial charge < -0.3 is 14.4 Å². The number of halogens is 3. The minimum absolute atomic E-state index is 0.381. The molecule has 0 bridgehead atoms. The van der Waals surface area contributed by atoms with Crippen molar-refractivity contribution in [3.8, 4) is 11.5 Å². The Labute approximate surface area is 130 Å². The van der Waals surface area contributed by atoms with Crippen molar-refractivity contribution in [1.29, 1.82) is 0 Å². The van der Waals surface area contributed by atoms with Crippen molar-refractivity contribution in [3.05, 3.63) is 53.3 Å². The molecule has 1 heterocycles. The fourth-order valence-corrected chi connectivity index (χ4v) is 2.23. The van der Waals surface area contributed by atoms with Crippen LogP contribution in [-0.4, -0.2) is 26.2 Å². The molecule has 0 radical (unpaired) electrons. The highest BCUT2D eigenvalue weighted by Crippen LogP contribution is 2.34. The number of ether oxygens (including phenoxy) is 2. The molecule has 0 saturated carbocycles. The van der Waals surface area contributed by atoms with Crippen LogP contribution in [0.4, 0.5) is 18.9 Å². The topological polar surface area (TPSA) is 38.8 Å². The molecule has 4 nitrogen and oxygen atoms in total. The van der Waals surface area contributed by atoms with E-state index in [9.17, 15) is 18.0 Å². The molecule has 1 aliphatic heterocycles. The summed E-state index contributed by atoms with van der Waals surface area (Å²) in [7, 11) is 1.40. The first-order chi connectivity index (χ1) is 11.0. The zero-order valence-electron chi connectivity index (χ0n) is 12.1. The molecular weight excluding hydrogens is 311 g/mol. The van der Waals surface area contributed by atoms with Gasteiger partial charge in [-0.1, -0.05) is 0 Å². The first kappa shape index (κ1) is 15.2. The van der Waals surface area contributed by atoms with Crippen LogP contribution in [0.3, 0.4) is 0 Å². The summed E-state index contributed by atoms with van der Waals surface area (Å²) in [5.74, 6) is -4.34. The molecule has 1 amide bonds. The lowest BCUT2D eigenvalue weighted by atomic mass is 10.1. The number of rotatable bonds is 2. The molecule has 7 heteroatoms. The van der Waals surface area contributed by atoms with Gasteiger partial charge in [0.2, 0.25) is 0 Å². The van der Waals surface area contributed by atoms with Crippen molar-refractivity contribution in [2.75, 3.05) is 25.2 Å². The molecule has 2 aromatic rings. The minimum atomic E-state index is -1.67. The van der Waals surface area contributed by atoms with Gasteiger partial charge >= 0.3 is 0 Å². The Morgan fingerprint density at radius 1 is 1.00 bits per heavy atom. The molecule has 0 N–H and O–H groups in total. The highest BCUT2D eigenvalue weighted by molar-refractivity contribution is 6.06. The lowest BCUT2D eigenvalue weighted by Gasteiger charge is -2.22. The van der Waals surface area contributed by atoms with E-state index < -0.39 is 28.9 Å². The van der Waals surface area contributed by atoms with E-state index in [2.05, 4.69) is 0 Å². The largest absolute Gasteiger partial charge is 0.486 e. The van der Waals surface area contributed by atoms with Crippen LogP contribution in [0.2, 0.25) is 0 Å². The van der Waals surface area contributed by atoms with Crippen molar-refractivity contribution in [2.24, 2.45) is 0 Å². The molecule has 0 saturated heterocycles. The van der Waals surface area contributed by atoms with E-state index in [0.29, 0.717) is 36.5 Å². The van der Waals surface area contributed by atoms with Gasteiger partial charge in [-0.2, -0.15) is 0 Å². The summed E-state index contributed by atoms with van der Waals surface area (Å²) in [4.78, 5) is 13.4. The minimum Gasteiger partial charge on any atom is -0.486 e. The summed E-state index contributed by atoms with van der Waals surface area (Å²) in [5.41, 5.74) is -0.148. The summed E-state index contributed by atoms with van der Waals surface area (Å²) < 4.78 is 50.8. The number of anilines is 1. The molecule has 23 heavy (non-hydrogen) atoms. The van der Waals surface area contributed by atoms with Crippen LogP contribution in [0.1, 0.15) is 10.4 Å². The quantitative estimate of drug-likeness (QED) is 0.797. The number of nitrogens with zero attached hydrogens (tertiary/aromatic N) is 1. The van der Waals surface area contributed by atoms with Gasteiger partial charge in [0.1, 0.15) is 13.2 Å². The van der Waals surface area contributed by atoms with Crippen molar-refractivity contribution in [3.63, 3.8) is 0 Å². The van der Waals surface area contributed by atoms with E-state index in [1.807, 2.05) is 0 Å². The molecule has 0 aliphatic carbocycles. The summed E-state index contributed by atoms with van der Waals surface area (Å²) >= 11 is 0. The fraction of sp³-hybridized carbons (Fsp3) is 0.188. The maximum atomic E-state index is 13.8. The summed E-state index contributed by atoms with van der Waals surface area (Å²) in [6.45, 7) is 0.813. The predicted molar refractivity (Wildman–Crippen MR) is 76.5 cm³/mol. The number of carbonyl (C=O) groups is 1. The normalized spacial score (nSPS) is 12.9. The Morgan fingerprint density at radius 3 is 2.43 bits per heavy atom. The summed E-state index contributed by atoms with van der Waals surface area (Å²) in [6.07, 6.45) is 0. The molecule has 1 aliphatic rings. The van der Waals surface area contributed by atoms with Gasteiger partial charge in [-0.15, -0.1) is 0 Å². The zero-order chi connectivity index (χ0) is 16.6. The van der Waals surface area contributed by atoms with Crippen LogP contribution in [0, 0.1) is 17.5 Å². The number of hydrogen-bond donors (Lipinski definition) is 0. The number of hydrogen-bond acceptors (Lipinski definition) is 3. The van der Waals surface area contributed by atoms with Gasteiger partial charge in [0.05, 0.1) is 5.56 Å². The van der Waals surface area contributed by atoms with Crippen LogP contribution in [0.25, 0.3) is 0 Å². The van der Waals surface area contributed by atoms with Gasteiger partial charge in [0.15, 0.2) is 29.0 Å². The lowest BCUT2D eigenvalue weighted by molar-refractivity contribution is 0.0987. The fourth-order valence-electron chi connectivity index (χ4n) is 2.23. The van der Waals surface area contributed by atoms with Crippen molar-refractivity contribution < 1.29 is 27.4 Å². The number of benzene rings is 2. The monoisotopic (exact) mass is 323 g/mol. The second kappa shape index (κ2) is 5.83. The van der Waals surface area contributed by atoms with Crippen LogP contribution >= 0.6 is 0 Å². The Kier molecular flexibility index (Phi) is 3.85. The Morgan fingerprint density at radius 2 is 1.70 bits per heavy atom. The van der Waals surface area contributed by atoms with Gasteiger partial charge in [0, 0.05) is 18.8 Å². The number of fused-ring (bicyclic) bond motifs is 1. The van der Waals surface area contributed by atoms with E-state index in [1.165, 1.54) is 7.05 Å². The SMILES string of the molecule is CN(C(=O)c1ccc(F)c(F)c1F)c1ccc2c(c1)OCCO2. The third-order valence-corrected chi connectivity index (χ3v) is 3.48. The Hall–Kier alpha value is -2.70. The van der Waals surface area contributed by atoms with Crippen molar-refractivity contribution in [2.45, 2.75) is 0 Å². The van der Waals surface area contributed by atoms with E-state index in [1.54, 1.807) is 18.2 Å². The molecule has 0 spiro atoms. The summed E-state index contributed by atoms with van der Waals surface area (Å²) in [5, 5.41) is 0. The summed E-state index contributed by atoms with van der Waals surface area (Å²) in [6, 6.07) is 6.39. The molecular formula is C16H12F3NO3. The lowest BCUT2D eigenvalue weighted by Crippen LogP contribution is -2.28. The van der Waals surface area contributed by atoms with Crippen LogP contribution in [0.15, 0.2) is 30.3 Å². The molecule has 3 rings (SSSR count). The number of carbonyl (C=O) groups excluding carboxylic acids is 1. The van der Waals surface area contributed by atoms with Gasteiger partial charge in [-0.3, -0.25) is 4.79 Å². The highest BCUT2D eigenvalue weighted by Gasteiger charge is 2.23. The van der Waals surface area contributed by atoms with E-state index in [4.69, 9.17) is 9.47 Å². The molecule has 120 valence electrons. The van der Waals surface area contributed by atoms with Gasteiger partial charge in [-0.05, 0) is 24.3 Å². The second-order valence-electron chi connectivity index (χ2n) is 4.92. The smallest absolute Gasteiger partial charge is 0.261 e. The average Bonchev–Trinajstić information content (AvgIpc) is 2.58. The molecule has 2 aromatic carbocycles. The average molecular weight is 323 g/mol.